The van der Waals surface area contributed by atoms with Crippen LogP contribution in [0.15, 0.2) is 42.5 Å². The molecule has 0 bridgehead atoms. The van der Waals surface area contributed by atoms with Crippen LogP contribution in [0.4, 0.5) is 0 Å². The summed E-state index contributed by atoms with van der Waals surface area (Å²) >= 11 is 18.1. The van der Waals surface area contributed by atoms with Gasteiger partial charge >= 0.3 is 0 Å². The minimum atomic E-state index is 0.292. The van der Waals surface area contributed by atoms with Crippen LogP contribution < -0.4 is 0 Å². The normalized spacial score (nSPS) is 12.4. The number of hydrogen-bond acceptors (Lipinski definition) is 0. The van der Waals surface area contributed by atoms with Gasteiger partial charge in [0.15, 0.2) is 0 Å². The molecule has 0 heterocycles. The SMILES string of the molecule is Cc1ccccc1C(CCl)Cc1ccc(Cl)c(Cl)c1. The van der Waals surface area contributed by atoms with Crippen LogP contribution in [0.1, 0.15) is 22.6 Å². The van der Waals surface area contributed by atoms with E-state index in [0.29, 0.717) is 21.8 Å². The maximum atomic E-state index is 6.14. The lowest BCUT2D eigenvalue weighted by Crippen LogP contribution is -2.06. The number of halogens is 3. The van der Waals surface area contributed by atoms with Crippen LogP contribution >= 0.6 is 34.8 Å². The first-order valence-corrected chi connectivity index (χ1v) is 7.46. The molecule has 0 aliphatic heterocycles. The van der Waals surface area contributed by atoms with Crippen LogP contribution in [0.25, 0.3) is 0 Å². The van der Waals surface area contributed by atoms with Crippen LogP contribution in [0.2, 0.25) is 10.0 Å². The Balaban J connectivity index is 2.24. The van der Waals surface area contributed by atoms with Gasteiger partial charge < -0.3 is 0 Å². The van der Waals surface area contributed by atoms with Crippen molar-refractivity contribution in [3.05, 3.63) is 69.2 Å². The van der Waals surface area contributed by atoms with Crippen molar-refractivity contribution >= 4 is 34.8 Å². The summed E-state index contributed by atoms with van der Waals surface area (Å²) in [7, 11) is 0. The Hall–Kier alpha value is -0.690. The summed E-state index contributed by atoms with van der Waals surface area (Å²) in [4.78, 5) is 0. The van der Waals surface area contributed by atoms with Gasteiger partial charge in [-0.3, -0.25) is 0 Å². The zero-order valence-electron chi connectivity index (χ0n) is 10.7. The van der Waals surface area contributed by atoms with Crippen LogP contribution in [0.5, 0.6) is 0 Å². The first-order valence-electron chi connectivity index (χ1n) is 6.17. The maximum absolute atomic E-state index is 6.14. The van der Waals surface area contributed by atoms with E-state index in [1.54, 1.807) is 0 Å². The van der Waals surface area contributed by atoms with Gasteiger partial charge in [-0.2, -0.15) is 0 Å². The molecule has 1 atom stereocenters. The minimum Gasteiger partial charge on any atom is -0.126 e. The molecular weight excluding hydrogens is 299 g/mol. The summed E-state index contributed by atoms with van der Waals surface area (Å²) in [5.74, 6) is 0.880. The van der Waals surface area contributed by atoms with Crippen molar-refractivity contribution in [1.82, 2.24) is 0 Å². The second-order valence-electron chi connectivity index (χ2n) is 4.66. The molecule has 0 saturated heterocycles. The van der Waals surface area contributed by atoms with E-state index in [1.165, 1.54) is 11.1 Å². The summed E-state index contributed by atoms with van der Waals surface area (Å²) in [5.41, 5.74) is 3.72. The molecule has 0 radical (unpaired) electrons. The molecule has 0 amide bonds. The van der Waals surface area contributed by atoms with Crippen molar-refractivity contribution < 1.29 is 0 Å². The van der Waals surface area contributed by atoms with E-state index in [1.807, 2.05) is 24.3 Å². The van der Waals surface area contributed by atoms with Crippen LogP contribution in [-0.2, 0) is 6.42 Å². The highest BCUT2D eigenvalue weighted by atomic mass is 35.5. The van der Waals surface area contributed by atoms with Gasteiger partial charge in [-0.05, 0) is 42.2 Å². The molecule has 2 aromatic rings. The van der Waals surface area contributed by atoms with Gasteiger partial charge in [-0.15, -0.1) is 11.6 Å². The third-order valence-electron chi connectivity index (χ3n) is 3.28. The summed E-state index contributed by atoms with van der Waals surface area (Å²) in [6.45, 7) is 2.11. The van der Waals surface area contributed by atoms with Crippen molar-refractivity contribution in [3.8, 4) is 0 Å². The van der Waals surface area contributed by atoms with E-state index in [2.05, 4.69) is 25.1 Å². The van der Waals surface area contributed by atoms with E-state index in [0.717, 1.165) is 12.0 Å². The molecular formula is C16H15Cl3. The van der Waals surface area contributed by atoms with Gasteiger partial charge in [-0.25, -0.2) is 0 Å². The summed E-state index contributed by atoms with van der Waals surface area (Å²) in [6.07, 6.45) is 0.866. The van der Waals surface area contributed by atoms with Crippen LogP contribution in [0, 0.1) is 6.92 Å². The summed E-state index contributed by atoms with van der Waals surface area (Å²) in [6, 6.07) is 14.1. The average molecular weight is 314 g/mol. The Kier molecular flexibility index (Phi) is 5.15. The van der Waals surface area contributed by atoms with Crippen molar-refractivity contribution in [3.63, 3.8) is 0 Å². The first kappa shape index (κ1) is 14.7. The zero-order chi connectivity index (χ0) is 13.8. The average Bonchev–Trinajstić information content (AvgIpc) is 2.41. The molecule has 0 aliphatic carbocycles. The Morgan fingerprint density at radius 2 is 1.74 bits per heavy atom. The highest BCUT2D eigenvalue weighted by Gasteiger charge is 2.14. The van der Waals surface area contributed by atoms with Crippen molar-refractivity contribution in [1.29, 1.82) is 0 Å². The molecule has 2 aromatic carbocycles. The van der Waals surface area contributed by atoms with Gasteiger partial charge in [0.1, 0.15) is 0 Å². The first-order chi connectivity index (χ1) is 9.11. The minimum absolute atomic E-state index is 0.292. The lowest BCUT2D eigenvalue weighted by Gasteiger charge is -2.17. The fourth-order valence-electron chi connectivity index (χ4n) is 2.24. The van der Waals surface area contributed by atoms with E-state index >= 15 is 0 Å². The van der Waals surface area contributed by atoms with E-state index in [4.69, 9.17) is 34.8 Å². The Bertz CT molecular complexity index is 564. The molecule has 0 aliphatic rings. The Morgan fingerprint density at radius 3 is 2.37 bits per heavy atom. The van der Waals surface area contributed by atoms with E-state index in [-0.39, 0.29) is 0 Å². The van der Waals surface area contributed by atoms with Gasteiger partial charge in [0.05, 0.1) is 10.0 Å². The van der Waals surface area contributed by atoms with Gasteiger partial charge in [0.2, 0.25) is 0 Å². The van der Waals surface area contributed by atoms with Gasteiger partial charge in [-0.1, -0.05) is 53.5 Å². The monoisotopic (exact) mass is 312 g/mol. The van der Waals surface area contributed by atoms with Crippen molar-refractivity contribution in [2.45, 2.75) is 19.3 Å². The predicted molar refractivity (Wildman–Crippen MR) is 84.8 cm³/mol. The lowest BCUT2D eigenvalue weighted by molar-refractivity contribution is 0.760. The number of alkyl halides is 1. The number of hydrogen-bond donors (Lipinski definition) is 0. The summed E-state index contributed by atoms with van der Waals surface area (Å²) in [5, 5.41) is 1.18. The molecule has 0 aromatic heterocycles. The third kappa shape index (κ3) is 3.66. The second kappa shape index (κ2) is 6.65. The Labute approximate surface area is 129 Å². The molecule has 0 N–H and O–H groups in total. The van der Waals surface area contributed by atoms with Crippen LogP contribution in [0.3, 0.4) is 0 Å². The fraction of sp³-hybridized carbons (Fsp3) is 0.250. The second-order valence-corrected chi connectivity index (χ2v) is 5.78. The maximum Gasteiger partial charge on any atom is 0.0595 e. The topological polar surface area (TPSA) is 0 Å². The smallest absolute Gasteiger partial charge is 0.0595 e. The summed E-state index contributed by atoms with van der Waals surface area (Å²) < 4.78 is 0. The van der Waals surface area contributed by atoms with E-state index < -0.39 is 0 Å². The molecule has 19 heavy (non-hydrogen) atoms. The lowest BCUT2D eigenvalue weighted by atomic mass is 9.91. The highest BCUT2D eigenvalue weighted by Crippen LogP contribution is 2.28. The fourth-order valence-corrected chi connectivity index (χ4v) is 2.84. The molecule has 1 unspecified atom stereocenters. The predicted octanol–water partition coefficient (Wildman–Crippen LogP) is 5.87. The molecule has 3 heteroatoms. The van der Waals surface area contributed by atoms with Crippen LogP contribution in [-0.4, -0.2) is 5.88 Å². The quantitative estimate of drug-likeness (QED) is 0.619. The zero-order valence-corrected chi connectivity index (χ0v) is 12.9. The van der Waals surface area contributed by atoms with E-state index in [9.17, 15) is 0 Å². The molecule has 2 rings (SSSR count). The Morgan fingerprint density at radius 1 is 1.00 bits per heavy atom. The largest absolute Gasteiger partial charge is 0.126 e. The molecule has 0 fully saturated rings. The number of aryl methyl sites for hydroxylation is 1. The molecule has 0 saturated carbocycles. The standard InChI is InChI=1S/C16H15Cl3/c1-11-4-2-3-5-14(11)13(10-17)8-12-6-7-15(18)16(19)9-12/h2-7,9,13H,8,10H2,1H3. The molecule has 100 valence electrons. The molecule has 0 spiro atoms. The van der Waals surface area contributed by atoms with Crippen molar-refractivity contribution in [2.24, 2.45) is 0 Å². The van der Waals surface area contributed by atoms with Crippen molar-refractivity contribution in [2.75, 3.05) is 5.88 Å². The molecule has 0 nitrogen and oxygen atoms in total. The third-order valence-corrected chi connectivity index (χ3v) is 4.39. The number of rotatable bonds is 4. The highest BCUT2D eigenvalue weighted by molar-refractivity contribution is 6.42. The number of benzene rings is 2. The van der Waals surface area contributed by atoms with Gasteiger partial charge in [0.25, 0.3) is 0 Å². The van der Waals surface area contributed by atoms with Gasteiger partial charge in [0, 0.05) is 11.8 Å².